The zero-order valence-corrected chi connectivity index (χ0v) is 12.7. The minimum absolute atomic E-state index is 0.373. The Morgan fingerprint density at radius 1 is 1.05 bits per heavy atom. The molecule has 22 heavy (non-hydrogen) atoms. The number of aromatic nitrogens is 1. The standard InChI is InChI=1S/C19H17NO2/c1-13(19(21)22-3)17-15-11-7-8-12-16(15)20(2)18(17)14-9-5-4-6-10-14/h4-12H,1H2,2-3H3. The van der Waals surface area contributed by atoms with Crippen molar-refractivity contribution in [1.82, 2.24) is 4.57 Å². The molecular formula is C19H17NO2. The highest BCUT2D eigenvalue weighted by atomic mass is 16.5. The van der Waals surface area contributed by atoms with E-state index >= 15 is 0 Å². The molecule has 1 aromatic heterocycles. The number of fused-ring (bicyclic) bond motifs is 1. The van der Waals surface area contributed by atoms with Crippen LogP contribution in [0.3, 0.4) is 0 Å². The molecule has 110 valence electrons. The molecule has 3 aromatic rings. The third-order valence-corrected chi connectivity index (χ3v) is 3.89. The second-order valence-electron chi connectivity index (χ2n) is 5.14. The van der Waals surface area contributed by atoms with Gasteiger partial charge in [0, 0.05) is 23.5 Å². The normalized spacial score (nSPS) is 10.6. The van der Waals surface area contributed by atoms with E-state index in [1.165, 1.54) is 7.11 Å². The number of benzene rings is 2. The van der Waals surface area contributed by atoms with Gasteiger partial charge in [-0.05, 0) is 11.6 Å². The Labute approximate surface area is 129 Å². The molecule has 0 fully saturated rings. The number of carbonyl (C=O) groups is 1. The summed E-state index contributed by atoms with van der Waals surface area (Å²) < 4.78 is 6.96. The average molecular weight is 291 g/mol. The molecule has 0 unspecified atom stereocenters. The first kappa shape index (κ1) is 14.1. The highest BCUT2D eigenvalue weighted by Gasteiger charge is 2.22. The summed E-state index contributed by atoms with van der Waals surface area (Å²) in [5.74, 6) is -0.409. The van der Waals surface area contributed by atoms with Crippen LogP contribution in [0.1, 0.15) is 5.56 Å². The van der Waals surface area contributed by atoms with E-state index in [1.807, 2.05) is 61.6 Å². The third kappa shape index (κ3) is 2.11. The zero-order chi connectivity index (χ0) is 15.7. The number of ether oxygens (including phenoxy) is 1. The minimum Gasteiger partial charge on any atom is -0.465 e. The Balaban J connectivity index is 2.38. The van der Waals surface area contributed by atoms with Gasteiger partial charge in [0.1, 0.15) is 0 Å². The van der Waals surface area contributed by atoms with Gasteiger partial charge in [-0.2, -0.15) is 0 Å². The number of hydrogen-bond acceptors (Lipinski definition) is 2. The second-order valence-corrected chi connectivity index (χ2v) is 5.14. The van der Waals surface area contributed by atoms with Crippen LogP contribution in [0.4, 0.5) is 0 Å². The molecule has 0 spiro atoms. The van der Waals surface area contributed by atoms with Crippen molar-refractivity contribution < 1.29 is 9.53 Å². The minimum atomic E-state index is -0.409. The second kappa shape index (κ2) is 5.53. The number of esters is 1. The lowest BCUT2D eigenvalue weighted by atomic mass is 9.99. The van der Waals surface area contributed by atoms with Crippen LogP contribution >= 0.6 is 0 Å². The summed E-state index contributed by atoms with van der Waals surface area (Å²) in [6.07, 6.45) is 0. The first-order valence-electron chi connectivity index (χ1n) is 7.05. The fraction of sp³-hybridized carbons (Fsp3) is 0.105. The maximum atomic E-state index is 12.0. The van der Waals surface area contributed by atoms with Crippen molar-refractivity contribution >= 4 is 22.4 Å². The van der Waals surface area contributed by atoms with Crippen molar-refractivity contribution in [2.45, 2.75) is 0 Å². The molecule has 0 radical (unpaired) electrons. The molecular weight excluding hydrogens is 274 g/mol. The van der Waals surface area contributed by atoms with E-state index in [2.05, 4.69) is 11.1 Å². The Morgan fingerprint density at radius 3 is 2.36 bits per heavy atom. The van der Waals surface area contributed by atoms with Crippen molar-refractivity contribution in [3.05, 3.63) is 66.7 Å². The molecule has 0 aliphatic heterocycles. The van der Waals surface area contributed by atoms with Crippen molar-refractivity contribution in [1.29, 1.82) is 0 Å². The van der Waals surface area contributed by atoms with Crippen LogP contribution in [-0.4, -0.2) is 17.6 Å². The summed E-state index contributed by atoms with van der Waals surface area (Å²) in [7, 11) is 3.37. The van der Waals surface area contributed by atoms with Crippen molar-refractivity contribution in [3.63, 3.8) is 0 Å². The molecule has 0 amide bonds. The maximum Gasteiger partial charge on any atom is 0.337 e. The van der Waals surface area contributed by atoms with Crippen LogP contribution in [0.5, 0.6) is 0 Å². The van der Waals surface area contributed by atoms with E-state index in [-0.39, 0.29) is 0 Å². The number of methoxy groups -OCH3 is 1. The summed E-state index contributed by atoms with van der Waals surface area (Å²) in [6.45, 7) is 3.96. The van der Waals surface area contributed by atoms with Crippen LogP contribution in [0.2, 0.25) is 0 Å². The van der Waals surface area contributed by atoms with E-state index in [0.717, 1.165) is 27.7 Å². The van der Waals surface area contributed by atoms with E-state index in [0.29, 0.717) is 5.57 Å². The van der Waals surface area contributed by atoms with Gasteiger partial charge < -0.3 is 9.30 Å². The predicted octanol–water partition coefficient (Wildman–Crippen LogP) is 4.03. The zero-order valence-electron chi connectivity index (χ0n) is 12.7. The molecule has 2 aromatic carbocycles. The maximum absolute atomic E-state index is 12.0. The summed E-state index contributed by atoms with van der Waals surface area (Å²) >= 11 is 0. The van der Waals surface area contributed by atoms with Crippen LogP contribution in [0.15, 0.2) is 61.2 Å². The molecule has 3 rings (SSSR count). The van der Waals surface area contributed by atoms with Gasteiger partial charge in [-0.3, -0.25) is 0 Å². The van der Waals surface area contributed by atoms with Gasteiger partial charge in [0.2, 0.25) is 0 Å². The van der Waals surface area contributed by atoms with Gasteiger partial charge in [0.15, 0.2) is 0 Å². The summed E-state index contributed by atoms with van der Waals surface area (Å²) in [4.78, 5) is 12.0. The van der Waals surface area contributed by atoms with Gasteiger partial charge in [-0.1, -0.05) is 55.1 Å². The monoisotopic (exact) mass is 291 g/mol. The Bertz CT molecular complexity index is 860. The Morgan fingerprint density at radius 2 is 1.68 bits per heavy atom. The molecule has 0 bridgehead atoms. The topological polar surface area (TPSA) is 31.2 Å². The average Bonchev–Trinajstić information content (AvgIpc) is 2.87. The van der Waals surface area contributed by atoms with Gasteiger partial charge in [0.05, 0.1) is 18.4 Å². The number of nitrogens with zero attached hydrogens (tertiary/aromatic N) is 1. The van der Waals surface area contributed by atoms with Crippen molar-refractivity contribution in [2.75, 3.05) is 7.11 Å². The summed E-state index contributed by atoms with van der Waals surface area (Å²) in [6, 6.07) is 18.0. The SMILES string of the molecule is C=C(C(=O)OC)c1c(-c2ccccc2)n(C)c2ccccc12. The van der Waals surface area contributed by atoms with Gasteiger partial charge in [-0.15, -0.1) is 0 Å². The fourth-order valence-corrected chi connectivity index (χ4v) is 2.86. The molecule has 0 saturated carbocycles. The quantitative estimate of drug-likeness (QED) is 0.539. The van der Waals surface area contributed by atoms with Gasteiger partial charge >= 0.3 is 5.97 Å². The molecule has 1 heterocycles. The molecule has 3 heteroatoms. The predicted molar refractivity (Wildman–Crippen MR) is 89.4 cm³/mol. The highest BCUT2D eigenvalue weighted by Crippen LogP contribution is 2.37. The van der Waals surface area contributed by atoms with E-state index in [1.54, 1.807) is 0 Å². The number of hydrogen-bond donors (Lipinski definition) is 0. The molecule has 0 N–H and O–H groups in total. The van der Waals surface area contributed by atoms with E-state index in [9.17, 15) is 4.79 Å². The Hall–Kier alpha value is -2.81. The number of carbonyl (C=O) groups excluding carboxylic acids is 1. The van der Waals surface area contributed by atoms with E-state index in [4.69, 9.17) is 4.74 Å². The van der Waals surface area contributed by atoms with Crippen LogP contribution < -0.4 is 0 Å². The third-order valence-electron chi connectivity index (χ3n) is 3.89. The molecule has 0 atom stereocenters. The largest absolute Gasteiger partial charge is 0.465 e. The van der Waals surface area contributed by atoms with Crippen LogP contribution in [-0.2, 0) is 16.6 Å². The van der Waals surface area contributed by atoms with Crippen LogP contribution in [0.25, 0.3) is 27.7 Å². The van der Waals surface area contributed by atoms with Crippen molar-refractivity contribution in [2.24, 2.45) is 7.05 Å². The number of aryl methyl sites for hydroxylation is 1. The molecule has 0 saturated heterocycles. The van der Waals surface area contributed by atoms with Crippen molar-refractivity contribution in [3.8, 4) is 11.3 Å². The summed E-state index contributed by atoms with van der Waals surface area (Å²) in [5.41, 5.74) is 4.27. The number of rotatable bonds is 3. The highest BCUT2D eigenvalue weighted by molar-refractivity contribution is 6.22. The van der Waals surface area contributed by atoms with Crippen LogP contribution in [0, 0.1) is 0 Å². The first-order valence-corrected chi connectivity index (χ1v) is 7.05. The lowest BCUT2D eigenvalue weighted by Gasteiger charge is -2.09. The smallest absolute Gasteiger partial charge is 0.337 e. The molecule has 0 aliphatic rings. The first-order chi connectivity index (χ1) is 10.6. The lowest BCUT2D eigenvalue weighted by Crippen LogP contribution is -2.04. The van der Waals surface area contributed by atoms with Gasteiger partial charge in [0.25, 0.3) is 0 Å². The Kier molecular flexibility index (Phi) is 3.55. The summed E-state index contributed by atoms with van der Waals surface area (Å²) in [5, 5.41) is 0.999. The molecule has 3 nitrogen and oxygen atoms in total. The lowest BCUT2D eigenvalue weighted by molar-refractivity contribution is -0.133. The van der Waals surface area contributed by atoms with E-state index < -0.39 is 5.97 Å². The number of para-hydroxylation sites is 1. The fourth-order valence-electron chi connectivity index (χ4n) is 2.86. The molecule has 0 aliphatic carbocycles. The van der Waals surface area contributed by atoms with Gasteiger partial charge in [-0.25, -0.2) is 4.79 Å².